The highest BCUT2D eigenvalue weighted by molar-refractivity contribution is 6.33. The van der Waals surface area contributed by atoms with Crippen LogP contribution < -0.4 is 15.5 Å². The van der Waals surface area contributed by atoms with Crippen LogP contribution in [0.15, 0.2) is 54.7 Å². The molecule has 2 aromatic carbocycles. The first kappa shape index (κ1) is 23.1. The molecule has 170 valence electrons. The molecule has 8 heteroatoms. The number of hydrogen-bond acceptors (Lipinski definition) is 6. The van der Waals surface area contributed by atoms with Gasteiger partial charge in [-0.2, -0.15) is 0 Å². The summed E-state index contributed by atoms with van der Waals surface area (Å²) in [5.74, 6) is 0. The zero-order valence-electron chi connectivity index (χ0n) is 18.0. The Morgan fingerprint density at radius 1 is 1.00 bits per heavy atom. The standard InChI is InChI=1S/C24H29Cl2N5O/c25-18-5-6-20-22(7-8-28-23(20)15-18)29-10-9-27-16-19(32)17-30-11-13-31(14-12-30)24-4-2-1-3-21(24)26/h1-8,15,19,27,32H,9-14,16-17H2,(H,28,29)/t19-/m0/s1. The molecule has 0 amide bonds. The molecule has 0 radical (unpaired) electrons. The number of aliphatic hydroxyl groups excluding tert-OH is 1. The number of benzene rings is 2. The lowest BCUT2D eigenvalue weighted by Gasteiger charge is -2.37. The third-order valence-electron chi connectivity index (χ3n) is 5.74. The van der Waals surface area contributed by atoms with Crippen molar-refractivity contribution in [2.75, 3.05) is 62.6 Å². The number of nitrogens with zero attached hydrogens (tertiary/aromatic N) is 3. The zero-order valence-corrected chi connectivity index (χ0v) is 19.5. The highest BCUT2D eigenvalue weighted by Crippen LogP contribution is 2.26. The van der Waals surface area contributed by atoms with E-state index >= 15 is 0 Å². The number of fused-ring (bicyclic) bond motifs is 1. The van der Waals surface area contributed by atoms with E-state index in [2.05, 4.69) is 31.5 Å². The smallest absolute Gasteiger partial charge is 0.0791 e. The van der Waals surface area contributed by atoms with Gasteiger partial charge < -0.3 is 20.6 Å². The molecule has 1 aliphatic heterocycles. The van der Waals surface area contributed by atoms with Gasteiger partial charge in [0.05, 0.1) is 22.3 Å². The van der Waals surface area contributed by atoms with Crippen LogP contribution in [0.25, 0.3) is 10.9 Å². The van der Waals surface area contributed by atoms with Crippen LogP contribution in [-0.2, 0) is 0 Å². The van der Waals surface area contributed by atoms with E-state index in [0.717, 1.165) is 66.6 Å². The van der Waals surface area contributed by atoms with Gasteiger partial charge in [-0.25, -0.2) is 0 Å². The van der Waals surface area contributed by atoms with Crippen molar-refractivity contribution >= 4 is 45.5 Å². The molecule has 1 aromatic heterocycles. The summed E-state index contributed by atoms with van der Waals surface area (Å²) in [5.41, 5.74) is 3.00. The van der Waals surface area contributed by atoms with Gasteiger partial charge in [-0.1, -0.05) is 35.3 Å². The van der Waals surface area contributed by atoms with E-state index < -0.39 is 6.10 Å². The summed E-state index contributed by atoms with van der Waals surface area (Å²) in [6, 6.07) is 15.7. The van der Waals surface area contributed by atoms with Gasteiger partial charge in [0.1, 0.15) is 0 Å². The number of piperazine rings is 1. The van der Waals surface area contributed by atoms with Crippen molar-refractivity contribution in [2.45, 2.75) is 6.10 Å². The fourth-order valence-corrected chi connectivity index (χ4v) is 4.49. The summed E-state index contributed by atoms with van der Waals surface area (Å²) in [6.45, 7) is 6.43. The second kappa shape index (κ2) is 11.2. The van der Waals surface area contributed by atoms with E-state index in [0.29, 0.717) is 18.1 Å². The van der Waals surface area contributed by atoms with Crippen LogP contribution in [-0.4, -0.2) is 73.5 Å². The van der Waals surface area contributed by atoms with E-state index in [1.54, 1.807) is 6.20 Å². The van der Waals surface area contributed by atoms with Crippen LogP contribution in [0.5, 0.6) is 0 Å². The van der Waals surface area contributed by atoms with Gasteiger partial charge in [-0.05, 0) is 36.4 Å². The molecular weight excluding hydrogens is 445 g/mol. The summed E-state index contributed by atoms with van der Waals surface area (Å²) in [4.78, 5) is 8.99. The van der Waals surface area contributed by atoms with E-state index in [1.807, 2.05) is 42.5 Å². The van der Waals surface area contributed by atoms with Crippen molar-refractivity contribution in [1.29, 1.82) is 0 Å². The molecule has 0 unspecified atom stereocenters. The monoisotopic (exact) mass is 473 g/mol. The molecule has 2 heterocycles. The summed E-state index contributed by atoms with van der Waals surface area (Å²) >= 11 is 12.4. The van der Waals surface area contributed by atoms with Gasteiger partial charge in [0, 0.05) is 74.7 Å². The first-order chi connectivity index (χ1) is 15.6. The molecule has 0 spiro atoms. The minimum absolute atomic E-state index is 0.397. The predicted octanol–water partition coefficient (Wildman–Crippen LogP) is 3.73. The second-order valence-electron chi connectivity index (χ2n) is 8.04. The largest absolute Gasteiger partial charge is 0.390 e. The molecule has 0 saturated carbocycles. The highest BCUT2D eigenvalue weighted by Gasteiger charge is 2.20. The third kappa shape index (κ3) is 6.03. The highest BCUT2D eigenvalue weighted by atomic mass is 35.5. The number of pyridine rings is 1. The van der Waals surface area contributed by atoms with Gasteiger partial charge in [-0.3, -0.25) is 9.88 Å². The normalized spacial score (nSPS) is 15.8. The minimum Gasteiger partial charge on any atom is -0.390 e. The predicted molar refractivity (Wildman–Crippen MR) is 134 cm³/mol. The summed E-state index contributed by atoms with van der Waals surface area (Å²) in [6.07, 6.45) is 1.38. The quantitative estimate of drug-likeness (QED) is 0.411. The number of aliphatic hydroxyl groups is 1. The van der Waals surface area contributed by atoms with Crippen molar-refractivity contribution in [3.05, 3.63) is 64.8 Å². The second-order valence-corrected chi connectivity index (χ2v) is 8.89. The Kier molecular flexibility index (Phi) is 8.05. The van der Waals surface area contributed by atoms with E-state index in [4.69, 9.17) is 23.2 Å². The topological polar surface area (TPSA) is 63.7 Å². The molecule has 1 saturated heterocycles. The number of para-hydroxylation sites is 1. The number of hydrogen-bond donors (Lipinski definition) is 3. The Balaban J connectivity index is 1.14. The Morgan fingerprint density at radius 2 is 1.81 bits per heavy atom. The van der Waals surface area contributed by atoms with Gasteiger partial charge in [0.2, 0.25) is 0 Å². The lowest BCUT2D eigenvalue weighted by molar-refractivity contribution is 0.108. The van der Waals surface area contributed by atoms with Crippen molar-refractivity contribution in [3.8, 4) is 0 Å². The summed E-state index contributed by atoms with van der Waals surface area (Å²) in [5, 5.41) is 19.7. The van der Waals surface area contributed by atoms with E-state index in [1.165, 1.54) is 0 Å². The SMILES string of the molecule is O[C@@H](CNCCNc1ccnc2cc(Cl)ccc12)CN1CCN(c2ccccc2Cl)CC1. The van der Waals surface area contributed by atoms with Gasteiger partial charge in [0.15, 0.2) is 0 Å². The minimum atomic E-state index is -0.397. The molecule has 1 fully saturated rings. The Hall–Kier alpha value is -2.09. The fourth-order valence-electron chi connectivity index (χ4n) is 4.07. The van der Waals surface area contributed by atoms with Gasteiger partial charge in [-0.15, -0.1) is 0 Å². The molecule has 3 N–H and O–H groups in total. The van der Waals surface area contributed by atoms with E-state index in [-0.39, 0.29) is 0 Å². The maximum absolute atomic E-state index is 10.4. The van der Waals surface area contributed by atoms with Crippen molar-refractivity contribution in [1.82, 2.24) is 15.2 Å². The number of anilines is 2. The van der Waals surface area contributed by atoms with Crippen molar-refractivity contribution in [2.24, 2.45) is 0 Å². The van der Waals surface area contributed by atoms with Crippen molar-refractivity contribution < 1.29 is 5.11 Å². The average Bonchev–Trinajstić information content (AvgIpc) is 2.79. The average molecular weight is 474 g/mol. The van der Waals surface area contributed by atoms with Crippen LogP contribution in [0.4, 0.5) is 11.4 Å². The molecule has 6 nitrogen and oxygen atoms in total. The molecule has 4 rings (SSSR count). The first-order valence-electron chi connectivity index (χ1n) is 11.0. The maximum Gasteiger partial charge on any atom is 0.0791 e. The molecular formula is C24H29Cl2N5O. The Morgan fingerprint density at radius 3 is 2.62 bits per heavy atom. The Labute approximate surface area is 199 Å². The fraction of sp³-hybridized carbons (Fsp3) is 0.375. The van der Waals surface area contributed by atoms with Crippen LogP contribution in [0, 0.1) is 0 Å². The van der Waals surface area contributed by atoms with Gasteiger partial charge in [0.25, 0.3) is 0 Å². The third-order valence-corrected chi connectivity index (χ3v) is 6.29. The van der Waals surface area contributed by atoms with Gasteiger partial charge >= 0.3 is 0 Å². The molecule has 3 aromatic rings. The molecule has 0 aliphatic carbocycles. The molecule has 0 bridgehead atoms. The molecule has 32 heavy (non-hydrogen) atoms. The van der Waals surface area contributed by atoms with Crippen LogP contribution >= 0.6 is 23.2 Å². The van der Waals surface area contributed by atoms with Crippen LogP contribution in [0.1, 0.15) is 0 Å². The molecule has 1 atom stereocenters. The number of rotatable bonds is 9. The van der Waals surface area contributed by atoms with E-state index in [9.17, 15) is 5.11 Å². The number of aromatic nitrogens is 1. The molecule has 1 aliphatic rings. The number of nitrogens with one attached hydrogen (secondary N) is 2. The van der Waals surface area contributed by atoms with Crippen molar-refractivity contribution in [3.63, 3.8) is 0 Å². The maximum atomic E-state index is 10.4. The number of β-amino-alcohol motifs (C(OH)–C–C–N with tert-alkyl or cyclic N) is 1. The van der Waals surface area contributed by atoms with Crippen LogP contribution in [0.3, 0.4) is 0 Å². The lowest BCUT2D eigenvalue weighted by atomic mass is 10.2. The summed E-state index contributed by atoms with van der Waals surface area (Å²) < 4.78 is 0. The Bertz CT molecular complexity index is 1030. The zero-order chi connectivity index (χ0) is 22.3. The number of halogens is 2. The lowest BCUT2D eigenvalue weighted by Crippen LogP contribution is -2.50. The summed E-state index contributed by atoms with van der Waals surface area (Å²) in [7, 11) is 0. The first-order valence-corrected chi connectivity index (χ1v) is 11.7. The van der Waals surface area contributed by atoms with Crippen LogP contribution in [0.2, 0.25) is 10.0 Å².